The van der Waals surface area contributed by atoms with Crippen molar-refractivity contribution in [2.24, 2.45) is 0 Å². The Morgan fingerprint density at radius 1 is 0.895 bits per heavy atom. The topological polar surface area (TPSA) is 66.2 Å². The first-order chi connectivity index (χ1) is 9.24. The molecule has 0 aliphatic heterocycles. The Labute approximate surface area is 110 Å². The third-order valence-electron chi connectivity index (χ3n) is 2.96. The van der Waals surface area contributed by atoms with Crippen LogP contribution in [0.1, 0.15) is 0 Å². The number of hydrogen-bond donors (Lipinski definition) is 2. The molecule has 4 nitrogen and oxygen atoms in total. The van der Waals surface area contributed by atoms with Gasteiger partial charge in [0, 0.05) is 17.1 Å². The zero-order chi connectivity index (χ0) is 13.2. The molecule has 19 heavy (non-hydrogen) atoms. The lowest BCUT2D eigenvalue weighted by atomic mass is 9.80. The smallest absolute Gasteiger partial charge is 0.423 e. The number of benzene rings is 2. The minimum atomic E-state index is -1.45. The molecule has 0 saturated carbocycles. The van der Waals surface area contributed by atoms with Gasteiger partial charge in [-0.25, -0.2) is 9.97 Å². The van der Waals surface area contributed by atoms with Crippen molar-refractivity contribution in [2.75, 3.05) is 0 Å². The molecule has 3 aromatic rings. The lowest BCUT2D eigenvalue weighted by Crippen LogP contribution is -2.29. The van der Waals surface area contributed by atoms with E-state index in [1.165, 1.54) is 0 Å². The third-order valence-corrected chi connectivity index (χ3v) is 2.96. The average molecular weight is 250 g/mol. The number of nitrogens with zero attached hydrogens (tertiary/aromatic N) is 2. The van der Waals surface area contributed by atoms with Gasteiger partial charge in [-0.2, -0.15) is 0 Å². The first-order valence-electron chi connectivity index (χ1n) is 5.92. The SMILES string of the molecule is OB(O)c1ccc(-c2ncc3ccccc3n2)cc1. The van der Waals surface area contributed by atoms with Gasteiger partial charge in [0.25, 0.3) is 0 Å². The average Bonchev–Trinajstić information content (AvgIpc) is 2.47. The molecule has 0 radical (unpaired) electrons. The highest BCUT2D eigenvalue weighted by atomic mass is 16.4. The van der Waals surface area contributed by atoms with Crippen molar-refractivity contribution < 1.29 is 10.0 Å². The minimum absolute atomic E-state index is 0.449. The molecule has 92 valence electrons. The largest absolute Gasteiger partial charge is 0.488 e. The Morgan fingerprint density at radius 2 is 1.63 bits per heavy atom. The molecule has 0 amide bonds. The van der Waals surface area contributed by atoms with Crippen molar-refractivity contribution in [1.29, 1.82) is 0 Å². The number of fused-ring (bicyclic) bond motifs is 1. The number of aromatic nitrogens is 2. The number of rotatable bonds is 2. The predicted molar refractivity (Wildman–Crippen MR) is 74.8 cm³/mol. The van der Waals surface area contributed by atoms with Gasteiger partial charge in [-0.15, -0.1) is 0 Å². The van der Waals surface area contributed by atoms with Gasteiger partial charge in [0.1, 0.15) is 0 Å². The minimum Gasteiger partial charge on any atom is -0.423 e. The van der Waals surface area contributed by atoms with Gasteiger partial charge in [0.15, 0.2) is 5.82 Å². The molecule has 1 heterocycles. The molecule has 3 rings (SSSR count). The van der Waals surface area contributed by atoms with Crippen molar-refractivity contribution in [3.63, 3.8) is 0 Å². The third kappa shape index (κ3) is 2.34. The second-order valence-electron chi connectivity index (χ2n) is 4.25. The standard InChI is InChI=1S/C14H11BN2O2/c18-15(19)12-7-5-10(6-8-12)14-16-9-11-3-1-2-4-13(11)17-14/h1-9,18-19H. The highest BCUT2D eigenvalue weighted by Crippen LogP contribution is 2.17. The monoisotopic (exact) mass is 250 g/mol. The van der Waals surface area contributed by atoms with Crippen molar-refractivity contribution in [3.05, 3.63) is 54.7 Å². The first kappa shape index (κ1) is 11.8. The lowest BCUT2D eigenvalue weighted by Gasteiger charge is -2.04. The zero-order valence-corrected chi connectivity index (χ0v) is 10.1. The quantitative estimate of drug-likeness (QED) is 0.665. The summed E-state index contributed by atoms with van der Waals surface area (Å²) in [6.45, 7) is 0. The first-order valence-corrected chi connectivity index (χ1v) is 5.92. The molecule has 2 aromatic carbocycles. The van der Waals surface area contributed by atoms with Crippen molar-refractivity contribution in [3.8, 4) is 11.4 Å². The van der Waals surface area contributed by atoms with E-state index in [0.29, 0.717) is 11.3 Å². The molecule has 0 aliphatic carbocycles. The molecule has 0 unspecified atom stereocenters. The molecular weight excluding hydrogens is 239 g/mol. The van der Waals surface area contributed by atoms with E-state index in [9.17, 15) is 0 Å². The number of para-hydroxylation sites is 1. The fraction of sp³-hybridized carbons (Fsp3) is 0. The summed E-state index contributed by atoms with van der Waals surface area (Å²) in [4.78, 5) is 8.80. The van der Waals surface area contributed by atoms with Gasteiger partial charge in [-0.05, 0) is 11.5 Å². The van der Waals surface area contributed by atoms with Gasteiger partial charge in [-0.3, -0.25) is 0 Å². The van der Waals surface area contributed by atoms with Crippen LogP contribution in [0.3, 0.4) is 0 Å². The van der Waals surface area contributed by atoms with Gasteiger partial charge in [0.05, 0.1) is 5.52 Å². The Hall–Kier alpha value is -2.24. The van der Waals surface area contributed by atoms with Crippen molar-refractivity contribution in [1.82, 2.24) is 9.97 Å². The Morgan fingerprint density at radius 3 is 2.37 bits per heavy atom. The molecule has 1 aromatic heterocycles. The molecule has 0 bridgehead atoms. The Balaban J connectivity index is 2.03. The molecule has 2 N–H and O–H groups in total. The summed E-state index contributed by atoms with van der Waals surface area (Å²) in [5.41, 5.74) is 2.18. The number of hydrogen-bond acceptors (Lipinski definition) is 4. The maximum absolute atomic E-state index is 9.05. The molecular formula is C14H11BN2O2. The second kappa shape index (κ2) is 4.80. The molecule has 0 aliphatic rings. The van der Waals surface area contributed by atoms with Gasteiger partial charge in [-0.1, -0.05) is 42.5 Å². The van der Waals surface area contributed by atoms with Crippen molar-refractivity contribution in [2.45, 2.75) is 0 Å². The molecule has 5 heteroatoms. The van der Waals surface area contributed by atoms with Gasteiger partial charge < -0.3 is 10.0 Å². The summed E-state index contributed by atoms with van der Waals surface area (Å²) in [6, 6.07) is 14.6. The Kier molecular flexibility index (Phi) is 2.99. The molecule has 0 fully saturated rings. The fourth-order valence-corrected chi connectivity index (χ4v) is 1.92. The van der Waals surface area contributed by atoms with Crippen LogP contribution >= 0.6 is 0 Å². The molecule has 0 saturated heterocycles. The summed E-state index contributed by atoms with van der Waals surface area (Å²) in [5.74, 6) is 0.623. The van der Waals surface area contributed by atoms with E-state index in [1.807, 2.05) is 24.3 Å². The zero-order valence-electron chi connectivity index (χ0n) is 10.1. The van der Waals surface area contributed by atoms with Crippen molar-refractivity contribution >= 4 is 23.5 Å². The fourth-order valence-electron chi connectivity index (χ4n) is 1.92. The van der Waals surface area contributed by atoms with E-state index in [2.05, 4.69) is 9.97 Å². The summed E-state index contributed by atoms with van der Waals surface area (Å²) in [5, 5.41) is 19.1. The van der Waals surface area contributed by atoms with E-state index in [1.54, 1.807) is 30.5 Å². The van der Waals surface area contributed by atoms with E-state index in [0.717, 1.165) is 16.5 Å². The van der Waals surface area contributed by atoms with Crippen LogP contribution in [0.2, 0.25) is 0 Å². The normalized spacial score (nSPS) is 10.6. The highest BCUT2D eigenvalue weighted by molar-refractivity contribution is 6.58. The summed E-state index contributed by atoms with van der Waals surface area (Å²) < 4.78 is 0. The van der Waals surface area contributed by atoms with Gasteiger partial charge >= 0.3 is 7.12 Å². The molecule has 0 spiro atoms. The lowest BCUT2D eigenvalue weighted by molar-refractivity contribution is 0.426. The van der Waals surface area contributed by atoms with Crippen LogP contribution in [0.4, 0.5) is 0 Å². The maximum Gasteiger partial charge on any atom is 0.488 e. The highest BCUT2D eigenvalue weighted by Gasteiger charge is 2.10. The van der Waals surface area contributed by atoms with E-state index < -0.39 is 7.12 Å². The maximum atomic E-state index is 9.05. The van der Waals surface area contributed by atoms with Crippen LogP contribution in [-0.4, -0.2) is 27.1 Å². The van der Waals surface area contributed by atoms with Crippen LogP contribution in [0, 0.1) is 0 Å². The van der Waals surface area contributed by atoms with Crippen LogP contribution < -0.4 is 5.46 Å². The second-order valence-corrected chi connectivity index (χ2v) is 4.25. The van der Waals surface area contributed by atoms with Gasteiger partial charge in [0.2, 0.25) is 0 Å². The van der Waals surface area contributed by atoms with E-state index >= 15 is 0 Å². The Bertz CT molecular complexity index is 714. The summed E-state index contributed by atoms with van der Waals surface area (Å²) in [7, 11) is -1.45. The summed E-state index contributed by atoms with van der Waals surface area (Å²) >= 11 is 0. The van der Waals surface area contributed by atoms with Crippen LogP contribution in [-0.2, 0) is 0 Å². The van der Waals surface area contributed by atoms with E-state index in [-0.39, 0.29) is 0 Å². The van der Waals surface area contributed by atoms with Crippen LogP contribution in [0.25, 0.3) is 22.3 Å². The predicted octanol–water partition coefficient (Wildman–Crippen LogP) is 0.977. The van der Waals surface area contributed by atoms with Crippen LogP contribution in [0.5, 0.6) is 0 Å². The van der Waals surface area contributed by atoms with Crippen LogP contribution in [0.15, 0.2) is 54.7 Å². The van der Waals surface area contributed by atoms with E-state index in [4.69, 9.17) is 10.0 Å². The molecule has 0 atom stereocenters. The summed E-state index contributed by atoms with van der Waals surface area (Å²) in [6.07, 6.45) is 1.78.